The number of benzene rings is 3. The van der Waals surface area contributed by atoms with Crippen LogP contribution in [-0.4, -0.2) is 17.9 Å². The van der Waals surface area contributed by atoms with Crippen LogP contribution in [-0.2, 0) is 4.79 Å². The van der Waals surface area contributed by atoms with Crippen molar-refractivity contribution in [3.05, 3.63) is 87.4 Å². The Morgan fingerprint density at radius 1 is 0.844 bits per heavy atom. The fourth-order valence-electron chi connectivity index (χ4n) is 3.51. The summed E-state index contributed by atoms with van der Waals surface area (Å²) < 4.78 is 5.78. The van der Waals surface area contributed by atoms with Gasteiger partial charge in [0.25, 0.3) is 11.8 Å². The summed E-state index contributed by atoms with van der Waals surface area (Å²) in [7, 11) is 0. The molecule has 5 nitrogen and oxygen atoms in total. The molecule has 3 aromatic carbocycles. The molecule has 0 aliphatic heterocycles. The number of hydrogen-bond acceptors (Lipinski definition) is 3. The highest BCUT2D eigenvalue weighted by Gasteiger charge is 2.17. The fraction of sp³-hybridized carbons (Fsp3) is 0.231. The van der Waals surface area contributed by atoms with Gasteiger partial charge in [0.1, 0.15) is 5.75 Å². The maximum absolute atomic E-state index is 12.6. The topological polar surface area (TPSA) is 67.4 Å². The summed E-state index contributed by atoms with van der Waals surface area (Å²) in [4.78, 5) is 25.2. The molecule has 0 aromatic heterocycles. The minimum Gasteiger partial charge on any atom is -0.481 e. The Hall–Kier alpha value is -3.31. The second kappa shape index (κ2) is 9.88. The molecule has 2 amide bonds. The monoisotopic (exact) mass is 450 g/mol. The van der Waals surface area contributed by atoms with Gasteiger partial charge in [-0.15, -0.1) is 0 Å². The molecule has 1 atom stereocenters. The molecule has 3 aromatic rings. The van der Waals surface area contributed by atoms with Crippen LogP contribution in [0, 0.1) is 27.7 Å². The zero-order valence-electron chi connectivity index (χ0n) is 18.9. The Labute approximate surface area is 193 Å². The van der Waals surface area contributed by atoms with Gasteiger partial charge in [0.15, 0.2) is 6.10 Å². The Bertz CT molecular complexity index is 1130. The molecule has 2 N–H and O–H groups in total. The zero-order valence-corrected chi connectivity index (χ0v) is 19.6. The van der Waals surface area contributed by atoms with Crippen LogP contribution in [0.2, 0.25) is 5.02 Å². The molecule has 166 valence electrons. The molecular weight excluding hydrogens is 424 g/mol. The molecule has 6 heteroatoms. The first-order valence-electron chi connectivity index (χ1n) is 10.4. The van der Waals surface area contributed by atoms with Crippen molar-refractivity contribution in [2.24, 2.45) is 0 Å². The van der Waals surface area contributed by atoms with Gasteiger partial charge in [-0.05, 0) is 93.8 Å². The van der Waals surface area contributed by atoms with E-state index in [1.54, 1.807) is 49.4 Å². The molecule has 0 fully saturated rings. The van der Waals surface area contributed by atoms with E-state index in [0.717, 1.165) is 27.9 Å². The van der Waals surface area contributed by atoms with Crippen molar-refractivity contribution >= 4 is 34.8 Å². The first kappa shape index (κ1) is 23.4. The van der Waals surface area contributed by atoms with Crippen LogP contribution in [0.15, 0.2) is 54.6 Å². The van der Waals surface area contributed by atoms with E-state index in [9.17, 15) is 9.59 Å². The first-order valence-corrected chi connectivity index (χ1v) is 10.7. The molecular formula is C26H27ClN2O3. The van der Waals surface area contributed by atoms with Gasteiger partial charge in [-0.2, -0.15) is 0 Å². The molecule has 0 aliphatic carbocycles. The number of halogens is 1. The smallest absolute Gasteiger partial charge is 0.265 e. The molecule has 0 radical (unpaired) electrons. The maximum Gasteiger partial charge on any atom is 0.265 e. The lowest BCUT2D eigenvalue weighted by Crippen LogP contribution is -2.30. The van der Waals surface area contributed by atoms with E-state index in [1.807, 2.05) is 39.8 Å². The van der Waals surface area contributed by atoms with Crippen molar-refractivity contribution in [2.75, 3.05) is 10.6 Å². The van der Waals surface area contributed by atoms with Crippen LogP contribution < -0.4 is 15.4 Å². The number of carbonyl (C=O) groups excluding carboxylic acids is 2. The van der Waals surface area contributed by atoms with Gasteiger partial charge in [0.2, 0.25) is 0 Å². The second-order valence-electron chi connectivity index (χ2n) is 7.96. The Morgan fingerprint density at radius 3 is 2.06 bits per heavy atom. The third kappa shape index (κ3) is 5.68. The Balaban J connectivity index is 1.62. The molecule has 0 spiro atoms. The first-order chi connectivity index (χ1) is 15.1. The second-order valence-corrected chi connectivity index (χ2v) is 8.40. The largest absolute Gasteiger partial charge is 0.481 e. The number of nitrogens with one attached hydrogen (secondary N) is 2. The molecule has 3 rings (SSSR count). The fourth-order valence-corrected chi connectivity index (χ4v) is 3.73. The minimum atomic E-state index is -0.702. The summed E-state index contributed by atoms with van der Waals surface area (Å²) in [5.41, 5.74) is 6.04. The Kier molecular flexibility index (Phi) is 7.21. The van der Waals surface area contributed by atoms with Crippen molar-refractivity contribution in [1.29, 1.82) is 0 Å². The van der Waals surface area contributed by atoms with Gasteiger partial charge in [-0.25, -0.2) is 0 Å². The van der Waals surface area contributed by atoms with Gasteiger partial charge in [0, 0.05) is 22.0 Å². The predicted octanol–water partition coefficient (Wildman–Crippen LogP) is 6.23. The van der Waals surface area contributed by atoms with Crippen molar-refractivity contribution in [2.45, 2.75) is 40.7 Å². The van der Waals surface area contributed by atoms with Gasteiger partial charge in [-0.1, -0.05) is 29.3 Å². The molecule has 0 saturated heterocycles. The highest BCUT2D eigenvalue weighted by molar-refractivity contribution is 6.30. The van der Waals surface area contributed by atoms with Crippen LogP contribution in [0.5, 0.6) is 5.75 Å². The molecule has 1 unspecified atom stereocenters. The van der Waals surface area contributed by atoms with Crippen molar-refractivity contribution in [3.63, 3.8) is 0 Å². The third-order valence-electron chi connectivity index (χ3n) is 5.16. The Morgan fingerprint density at radius 2 is 1.47 bits per heavy atom. The predicted molar refractivity (Wildman–Crippen MR) is 130 cm³/mol. The lowest BCUT2D eigenvalue weighted by molar-refractivity contribution is -0.122. The maximum atomic E-state index is 12.6. The highest BCUT2D eigenvalue weighted by Crippen LogP contribution is 2.23. The SMILES string of the molecule is Cc1cc(C)c(NC(=O)C(C)Oc2ccc(C(=O)Nc3ccc(Cl)cc3C)cc2)c(C)c1. The van der Waals surface area contributed by atoms with Gasteiger partial charge >= 0.3 is 0 Å². The number of aryl methyl sites for hydroxylation is 4. The number of anilines is 2. The van der Waals surface area contributed by atoms with E-state index in [1.165, 1.54) is 0 Å². The summed E-state index contributed by atoms with van der Waals surface area (Å²) in [6.45, 7) is 9.54. The number of amides is 2. The standard InChI is InChI=1S/C26H27ClN2O3/c1-15-12-17(3)24(18(4)13-15)29-25(30)19(5)32-22-9-6-20(7-10-22)26(31)28-23-11-8-21(27)14-16(23)2/h6-14,19H,1-5H3,(H,28,31)(H,29,30). The number of rotatable bonds is 6. The van der Waals surface area contributed by atoms with E-state index in [-0.39, 0.29) is 11.8 Å². The molecule has 0 saturated carbocycles. The van der Waals surface area contributed by atoms with Crippen LogP contribution in [0.25, 0.3) is 0 Å². The molecule has 0 bridgehead atoms. The van der Waals surface area contributed by atoms with E-state index in [2.05, 4.69) is 10.6 Å². The summed E-state index contributed by atoms with van der Waals surface area (Å²) in [5.74, 6) is 0.0300. The highest BCUT2D eigenvalue weighted by atomic mass is 35.5. The molecule has 32 heavy (non-hydrogen) atoms. The average Bonchev–Trinajstić information content (AvgIpc) is 2.73. The average molecular weight is 451 g/mol. The minimum absolute atomic E-state index is 0.236. The van der Waals surface area contributed by atoms with Crippen LogP contribution in [0.1, 0.15) is 39.5 Å². The summed E-state index contributed by atoms with van der Waals surface area (Å²) >= 11 is 5.96. The lowest BCUT2D eigenvalue weighted by atomic mass is 10.0. The number of ether oxygens (including phenoxy) is 1. The lowest BCUT2D eigenvalue weighted by Gasteiger charge is -2.18. The summed E-state index contributed by atoms with van der Waals surface area (Å²) in [6.07, 6.45) is -0.702. The van der Waals surface area contributed by atoms with Crippen molar-refractivity contribution < 1.29 is 14.3 Å². The van der Waals surface area contributed by atoms with E-state index >= 15 is 0 Å². The van der Waals surface area contributed by atoms with E-state index < -0.39 is 6.10 Å². The summed E-state index contributed by atoms with van der Waals surface area (Å²) in [6, 6.07) is 16.0. The number of carbonyl (C=O) groups is 2. The van der Waals surface area contributed by atoms with Crippen molar-refractivity contribution in [3.8, 4) is 5.75 Å². The molecule has 0 aliphatic rings. The van der Waals surface area contributed by atoms with Gasteiger partial charge in [0.05, 0.1) is 0 Å². The van der Waals surface area contributed by atoms with E-state index in [4.69, 9.17) is 16.3 Å². The van der Waals surface area contributed by atoms with E-state index in [0.29, 0.717) is 22.0 Å². The quantitative estimate of drug-likeness (QED) is 0.467. The van der Waals surface area contributed by atoms with Crippen LogP contribution >= 0.6 is 11.6 Å². The van der Waals surface area contributed by atoms with Crippen LogP contribution in [0.3, 0.4) is 0 Å². The van der Waals surface area contributed by atoms with Gasteiger partial charge < -0.3 is 15.4 Å². The van der Waals surface area contributed by atoms with Crippen LogP contribution in [0.4, 0.5) is 11.4 Å². The van der Waals surface area contributed by atoms with Gasteiger partial charge in [-0.3, -0.25) is 9.59 Å². The van der Waals surface area contributed by atoms with Crippen molar-refractivity contribution in [1.82, 2.24) is 0 Å². The third-order valence-corrected chi connectivity index (χ3v) is 5.40. The normalized spacial score (nSPS) is 11.6. The molecule has 0 heterocycles. The number of hydrogen-bond donors (Lipinski definition) is 2. The summed E-state index contributed by atoms with van der Waals surface area (Å²) in [5, 5.41) is 6.44. The zero-order chi connectivity index (χ0) is 23.4.